The summed E-state index contributed by atoms with van der Waals surface area (Å²) in [6, 6.07) is 16.9. The first-order valence-corrected chi connectivity index (χ1v) is 40.6. The number of amides is 5. The van der Waals surface area contributed by atoms with Gasteiger partial charge in [-0.2, -0.15) is 0 Å². The van der Waals surface area contributed by atoms with Gasteiger partial charge < -0.3 is 74.0 Å². The minimum atomic E-state index is -2.04. The summed E-state index contributed by atoms with van der Waals surface area (Å²) in [4.78, 5) is 158. The molecule has 0 aliphatic carbocycles. The summed E-state index contributed by atoms with van der Waals surface area (Å²) in [5.74, 6) is -9.70. The molecule has 0 radical (unpaired) electrons. The molecule has 7 bridgehead atoms. The van der Waals surface area contributed by atoms with Gasteiger partial charge in [0.1, 0.15) is 52.8 Å². The Morgan fingerprint density at radius 2 is 1.47 bits per heavy atom. The van der Waals surface area contributed by atoms with Gasteiger partial charge in [0.2, 0.25) is 10.9 Å². The van der Waals surface area contributed by atoms with E-state index in [0.717, 1.165) is 17.7 Å². The van der Waals surface area contributed by atoms with Crippen molar-refractivity contribution in [3.63, 3.8) is 0 Å². The number of piperidine rings is 1. The number of hydrogen-bond acceptors (Lipinski definition) is 24. The number of aromatic hydroxyl groups is 1. The number of ether oxygens (including phenoxy) is 7. The molecule has 5 amide bonds. The highest BCUT2D eigenvalue weighted by Gasteiger charge is 2.48. The van der Waals surface area contributed by atoms with E-state index in [0.29, 0.717) is 72.8 Å². The van der Waals surface area contributed by atoms with Crippen LogP contribution in [0.2, 0.25) is 0 Å². The average Bonchev–Trinajstić information content (AvgIpc) is 1.39. The highest BCUT2D eigenvalue weighted by molar-refractivity contribution is 6.17. The van der Waals surface area contributed by atoms with E-state index in [4.69, 9.17) is 48.3 Å². The normalized spacial score (nSPS) is 24.1. The fourth-order valence-electron chi connectivity index (χ4n) is 16.7. The van der Waals surface area contributed by atoms with Crippen molar-refractivity contribution in [2.24, 2.45) is 47.2 Å². The Bertz CT molecular complexity index is 5120. The zero-order valence-electron chi connectivity index (χ0n) is 69.4. The van der Waals surface area contributed by atoms with E-state index < -0.39 is 124 Å². The van der Waals surface area contributed by atoms with Crippen molar-refractivity contribution in [2.75, 3.05) is 57.6 Å². The molecule has 7 heterocycles. The van der Waals surface area contributed by atoms with Gasteiger partial charge >= 0.3 is 23.8 Å². The number of primary amides is 1. The van der Waals surface area contributed by atoms with E-state index in [1.54, 1.807) is 79.7 Å². The van der Waals surface area contributed by atoms with Crippen LogP contribution in [0.25, 0.3) is 38.7 Å². The van der Waals surface area contributed by atoms with Crippen molar-refractivity contribution in [3.05, 3.63) is 162 Å². The fraction of sp³-hybridized carbons (Fsp3) is 0.489. The lowest BCUT2D eigenvalue weighted by atomic mass is 9.77. The third-order valence-electron chi connectivity index (χ3n) is 23.7. The lowest BCUT2D eigenvalue weighted by Crippen LogP contribution is -2.51. The topological polar surface area (TPSA) is 379 Å². The maximum absolute atomic E-state index is 15.3. The summed E-state index contributed by atoms with van der Waals surface area (Å²) in [7, 11) is 5.55. The number of carbonyl (C=O) groups excluding carboxylic acids is 9. The number of phenols is 1. The van der Waals surface area contributed by atoms with E-state index >= 15 is 4.79 Å². The van der Waals surface area contributed by atoms with Gasteiger partial charge in [0.05, 0.1) is 41.6 Å². The Hall–Kier alpha value is -10.9. The molecule has 1 aromatic heterocycles. The van der Waals surface area contributed by atoms with Gasteiger partial charge in [-0.25, -0.2) is 9.78 Å². The van der Waals surface area contributed by atoms with Crippen molar-refractivity contribution in [1.82, 2.24) is 20.1 Å². The standard InChI is InChI=1S/C90H109N7O21/c1-48(2)64(46-63(99)22-15-14-16-37-97-70(103)31-32-71(97)104)66(101)43-60(21-18-36-92-89(91)110)65(100)41-56-23-25-58(26-24-56)47-112-72(105)42-57-27-29-59(30-28-57)88-116-81-49(3)19-17-20-50(4)87(109)94-78-80(107)74-73(77-85(78)115-69-45-62(44-67(102)76(69)93-77)96-38-33-61(34-39-96)95(11)12)75-84(52(6)79(74)106)118-90(10,86(75)108)113-40-35-68(111-13)51(5)82(114-55(9)98)54(8)83(117-88)53(81)7/h17,19-20,23-32,35,40,44-45,48-49,51,53-54,60-61,64,68,81-83,88,106,108H,14-16,18,21-22,33-34,36-39,41-43,46-47H2,1-13H3,(H,94,109)(H3,91,92,110)/b19-17+,40-35+,50-20-/t49-,51+,53+,54-,60+,64-,68-,81-,82+,83+,88?,90-/m0/s1. The summed E-state index contributed by atoms with van der Waals surface area (Å²) in [5, 5.41) is 29.4. The Labute approximate surface area is 685 Å². The number of ketones is 3. The van der Waals surface area contributed by atoms with Crippen LogP contribution in [0.4, 0.5) is 16.2 Å². The van der Waals surface area contributed by atoms with Gasteiger partial charge in [-0.3, -0.25) is 52.8 Å². The molecule has 0 spiro atoms. The second kappa shape index (κ2) is 38.2. The van der Waals surface area contributed by atoms with Crippen LogP contribution in [0.15, 0.2) is 123 Å². The number of aromatic nitrogens is 1. The Balaban J connectivity index is 0.800. The molecule has 12 rings (SSSR count). The monoisotopic (exact) mass is 1620 g/mol. The van der Waals surface area contributed by atoms with E-state index in [1.807, 2.05) is 61.7 Å². The third kappa shape index (κ3) is 20.1. The molecule has 6 aromatic rings. The van der Waals surface area contributed by atoms with Crippen LogP contribution in [0, 0.1) is 48.3 Å². The highest BCUT2D eigenvalue weighted by atomic mass is 16.7. The fourth-order valence-corrected chi connectivity index (χ4v) is 16.7. The largest absolute Gasteiger partial charge is 0.507 e. The number of fused-ring (bicyclic) bond motifs is 10. The Morgan fingerprint density at radius 1 is 0.797 bits per heavy atom. The first-order valence-electron chi connectivity index (χ1n) is 40.6. The number of rotatable bonds is 28. The van der Waals surface area contributed by atoms with Crippen LogP contribution in [0.1, 0.15) is 161 Å². The molecular weight excluding hydrogens is 1520 g/mol. The van der Waals surface area contributed by atoms with Gasteiger partial charge in [0.15, 0.2) is 28.7 Å². The summed E-state index contributed by atoms with van der Waals surface area (Å²) in [6.45, 7) is 18.9. The number of benzene rings is 5. The second-order valence-corrected chi connectivity index (χ2v) is 32.7. The number of aliphatic hydroxyl groups excluding tert-OH is 1. The number of nitrogens with zero attached hydrogens (tertiary/aromatic N) is 4. The first kappa shape index (κ1) is 87.9. The van der Waals surface area contributed by atoms with Crippen LogP contribution in [0.5, 0.6) is 11.5 Å². The number of carbonyl (C=O) groups is 9. The predicted molar refractivity (Wildman–Crippen MR) is 442 cm³/mol. The number of nitrogens with two attached hydrogens (primary N) is 1. The minimum Gasteiger partial charge on any atom is -0.507 e. The van der Waals surface area contributed by atoms with Crippen molar-refractivity contribution in [1.29, 1.82) is 0 Å². The lowest BCUT2D eigenvalue weighted by molar-refractivity contribution is -0.293. The van der Waals surface area contributed by atoms with Gasteiger partial charge in [0, 0.05) is 166 Å². The van der Waals surface area contributed by atoms with Crippen LogP contribution >= 0.6 is 0 Å². The molecule has 6 aliphatic heterocycles. The average molecular weight is 1620 g/mol. The van der Waals surface area contributed by atoms with E-state index in [9.17, 15) is 58.2 Å². The number of urea groups is 1. The third-order valence-corrected chi connectivity index (χ3v) is 23.7. The number of aliphatic hydroxyl groups is 1. The number of unbranched alkanes of at least 4 members (excludes halogenated alkanes) is 2. The molecular formula is C90H109N7O21. The number of allylic oxidation sites excluding steroid dienone is 2. The number of phenolic OH excluding ortho intramolecular Hbond substituents is 1. The van der Waals surface area contributed by atoms with Gasteiger partial charge in [-0.05, 0) is 95.2 Å². The predicted octanol–water partition coefficient (Wildman–Crippen LogP) is 11.0. The van der Waals surface area contributed by atoms with Crippen molar-refractivity contribution < 1.29 is 90.9 Å². The van der Waals surface area contributed by atoms with Crippen LogP contribution in [0.3, 0.4) is 0 Å². The number of methoxy groups -OCH3 is 1. The van der Waals surface area contributed by atoms with E-state index in [2.05, 4.69) is 20.4 Å². The molecule has 6 N–H and O–H groups in total. The van der Waals surface area contributed by atoms with Crippen LogP contribution in [-0.2, 0) is 86.2 Å². The van der Waals surface area contributed by atoms with E-state index in [-0.39, 0.29) is 148 Å². The summed E-state index contributed by atoms with van der Waals surface area (Å²) >= 11 is 0. The van der Waals surface area contributed by atoms with Crippen molar-refractivity contribution in [3.8, 4) is 11.5 Å². The number of anilines is 2. The molecule has 2 saturated heterocycles. The molecule has 5 aromatic carbocycles. The zero-order valence-corrected chi connectivity index (χ0v) is 69.4. The van der Waals surface area contributed by atoms with Crippen molar-refractivity contribution in [2.45, 2.75) is 195 Å². The van der Waals surface area contributed by atoms with Gasteiger partial charge in [0.25, 0.3) is 17.7 Å². The maximum Gasteiger partial charge on any atom is 0.312 e. The summed E-state index contributed by atoms with van der Waals surface area (Å²) in [5.41, 5.74) is 6.30. The molecule has 12 atom stereocenters. The highest BCUT2D eigenvalue weighted by Crippen LogP contribution is 2.45. The van der Waals surface area contributed by atoms with Crippen LogP contribution < -0.4 is 42.1 Å². The summed E-state index contributed by atoms with van der Waals surface area (Å²) < 4.78 is 51.4. The molecule has 28 heteroatoms. The molecule has 6 aliphatic rings. The molecule has 118 heavy (non-hydrogen) atoms. The number of esters is 2. The van der Waals surface area contributed by atoms with Gasteiger partial charge in [-0.1, -0.05) is 115 Å². The van der Waals surface area contributed by atoms with Gasteiger partial charge in [-0.15, -0.1) is 0 Å². The molecule has 2 fully saturated rings. The Kier molecular flexibility index (Phi) is 28.5. The van der Waals surface area contributed by atoms with Crippen molar-refractivity contribution >= 4 is 103 Å². The molecule has 28 nitrogen and oxygen atoms in total. The number of Topliss-reactive ketones (excluding diaryl/α,β-unsaturated/α-hetero) is 3. The molecule has 630 valence electrons. The van der Waals surface area contributed by atoms with Crippen LogP contribution in [-0.4, -0.2) is 162 Å². The number of hydrogen-bond donors (Lipinski definition) is 5. The quantitative estimate of drug-likeness (QED) is 0.0100. The molecule has 1 unspecified atom stereocenters. The number of imide groups is 1. The second-order valence-electron chi connectivity index (χ2n) is 32.7. The Morgan fingerprint density at radius 3 is 2.13 bits per heavy atom. The number of nitrogens with one attached hydrogen (secondary N) is 2. The van der Waals surface area contributed by atoms with E-state index in [1.165, 1.54) is 52.4 Å². The maximum atomic E-state index is 15.3. The minimum absolute atomic E-state index is 0.00560. The lowest BCUT2D eigenvalue weighted by Gasteiger charge is -2.47. The molecule has 0 saturated carbocycles. The summed E-state index contributed by atoms with van der Waals surface area (Å²) in [6.07, 6.45) is 10.5. The smallest absolute Gasteiger partial charge is 0.312 e. The SMILES string of the molecule is CO[C@H]1/C=C/O[C@@]2(C)Oc3c(C)c(O)c4c(=O)c(c5oc6cc(N7CCC(N(C)C)CC7)cc(=O)c6nc5c4c3=C2O)NC(=O)/C(C)=C\C=C\[C@H](C)[C@@H]2OC(c3ccc(CC(=O)OCc4ccc(CC(=O)[C@H](CCCNC(N)=O)CC(=O)[C@@H](CC(=O)CCCCCN5C(=O)C=CC5=O)C(C)C)cc4)cc3)O[C@@H]([C@@H](C)[C@H](OC(C)=O)[C@@H]1C)[C@@H]2C. The first-order chi connectivity index (χ1) is 56.1. The zero-order chi connectivity index (χ0) is 85.3.